The molecule has 2 saturated heterocycles. The Morgan fingerprint density at radius 2 is 2.00 bits per heavy atom. The van der Waals surface area contributed by atoms with Gasteiger partial charge in [0.1, 0.15) is 6.29 Å². The van der Waals surface area contributed by atoms with E-state index >= 15 is 0 Å². The molecule has 0 aromatic heterocycles. The van der Waals surface area contributed by atoms with Gasteiger partial charge in [-0.2, -0.15) is 13.2 Å². The molecule has 0 aliphatic carbocycles. The number of amides is 1. The lowest BCUT2D eigenvalue weighted by atomic mass is 9.95. The molecule has 0 spiro atoms. The van der Waals surface area contributed by atoms with Crippen molar-refractivity contribution in [2.45, 2.75) is 44.1 Å². The van der Waals surface area contributed by atoms with Gasteiger partial charge < -0.3 is 10.4 Å². The maximum absolute atomic E-state index is 12.8. The minimum Gasteiger partial charge on any atom is -0.395 e. The van der Waals surface area contributed by atoms with Gasteiger partial charge in [0, 0.05) is 11.9 Å². The lowest BCUT2D eigenvalue weighted by Crippen LogP contribution is -2.69. The number of hydrogen-bond donors (Lipinski definition) is 5. The Labute approximate surface area is 171 Å². The number of benzene rings is 1. The normalized spacial score (nSPS) is 28.8. The van der Waals surface area contributed by atoms with Gasteiger partial charge in [0.15, 0.2) is 0 Å². The predicted octanol–water partition coefficient (Wildman–Crippen LogP) is 1.11. The van der Waals surface area contributed by atoms with Crippen molar-refractivity contribution in [3.05, 3.63) is 35.4 Å². The quantitative estimate of drug-likeness (QED) is 0.326. The summed E-state index contributed by atoms with van der Waals surface area (Å²) >= 11 is 5.68. The number of halogens is 4. The first-order chi connectivity index (χ1) is 13.8. The zero-order valence-corrected chi connectivity index (χ0v) is 16.6. The standard InChI is InChI=1S/C18H25ClF3N5O2/c1-10(11-3-5-12(6-4-11)18(20,21)22)27-15-14(13(9-28)26-27)16(29)25-17(24-15)23-8-2-7-19/h3-6,10,13-15,17,23-24,26,28H,2,7-9H2,1H3,(H,25,29)/t10-,13?,14?,15?,17?/m0/s1. The Kier molecular flexibility index (Phi) is 7.02. The van der Waals surface area contributed by atoms with Crippen LogP contribution in [0.25, 0.3) is 0 Å². The van der Waals surface area contributed by atoms with E-state index in [2.05, 4.69) is 21.4 Å². The molecule has 2 aliphatic heterocycles. The summed E-state index contributed by atoms with van der Waals surface area (Å²) in [5.74, 6) is -0.279. The molecular weight excluding hydrogens is 411 g/mol. The smallest absolute Gasteiger partial charge is 0.395 e. The number of hydrazine groups is 1. The minimum absolute atomic E-state index is 0.217. The summed E-state index contributed by atoms with van der Waals surface area (Å²) in [7, 11) is 0. The van der Waals surface area contributed by atoms with Crippen LogP contribution in [0.3, 0.4) is 0 Å². The first kappa shape index (κ1) is 22.3. The zero-order valence-electron chi connectivity index (χ0n) is 15.8. The van der Waals surface area contributed by atoms with E-state index in [-0.39, 0.29) is 18.6 Å². The number of rotatable bonds is 7. The van der Waals surface area contributed by atoms with Crippen molar-refractivity contribution in [1.82, 2.24) is 26.4 Å². The van der Waals surface area contributed by atoms with Crippen molar-refractivity contribution in [2.24, 2.45) is 5.92 Å². The molecule has 5 atom stereocenters. The number of carbonyl (C=O) groups is 1. The summed E-state index contributed by atoms with van der Waals surface area (Å²) in [4.78, 5) is 12.6. The van der Waals surface area contributed by atoms with E-state index in [1.165, 1.54) is 12.1 Å². The molecular formula is C18H25ClF3N5O2. The molecule has 1 amide bonds. The number of aliphatic hydroxyl groups is 1. The third-order valence-corrected chi connectivity index (χ3v) is 5.58. The van der Waals surface area contributed by atoms with Crippen molar-refractivity contribution < 1.29 is 23.1 Å². The van der Waals surface area contributed by atoms with Crippen molar-refractivity contribution in [3.8, 4) is 0 Å². The van der Waals surface area contributed by atoms with Crippen LogP contribution in [0.15, 0.2) is 24.3 Å². The second kappa shape index (κ2) is 9.15. The molecule has 29 heavy (non-hydrogen) atoms. The molecule has 7 nitrogen and oxygen atoms in total. The van der Waals surface area contributed by atoms with E-state index in [9.17, 15) is 23.1 Å². The van der Waals surface area contributed by atoms with Gasteiger partial charge in [0.05, 0.1) is 30.3 Å². The fourth-order valence-electron chi connectivity index (χ4n) is 3.75. The number of nitrogens with one attached hydrogen (secondary N) is 4. The molecule has 0 bridgehead atoms. The van der Waals surface area contributed by atoms with Gasteiger partial charge in [-0.15, -0.1) is 11.6 Å². The molecule has 4 unspecified atom stereocenters. The Balaban J connectivity index is 1.77. The second-order valence-electron chi connectivity index (χ2n) is 7.20. The first-order valence-electron chi connectivity index (χ1n) is 9.44. The summed E-state index contributed by atoms with van der Waals surface area (Å²) in [6.45, 7) is 2.18. The highest BCUT2D eigenvalue weighted by Gasteiger charge is 2.50. The van der Waals surface area contributed by atoms with Crippen LogP contribution in [-0.4, -0.2) is 53.6 Å². The van der Waals surface area contributed by atoms with Gasteiger partial charge >= 0.3 is 6.18 Å². The van der Waals surface area contributed by atoms with E-state index < -0.39 is 36.2 Å². The van der Waals surface area contributed by atoms with Crippen LogP contribution in [0, 0.1) is 5.92 Å². The Bertz CT molecular complexity index is 706. The number of alkyl halides is 4. The van der Waals surface area contributed by atoms with Crippen molar-refractivity contribution >= 4 is 17.5 Å². The third kappa shape index (κ3) is 4.84. The molecule has 0 radical (unpaired) electrons. The average molecular weight is 436 g/mol. The van der Waals surface area contributed by atoms with E-state index in [0.29, 0.717) is 18.0 Å². The summed E-state index contributed by atoms with van der Waals surface area (Å²) in [5, 5.41) is 20.8. The average Bonchev–Trinajstić information content (AvgIpc) is 3.06. The largest absolute Gasteiger partial charge is 0.416 e. The van der Waals surface area contributed by atoms with Crippen molar-refractivity contribution in [2.75, 3.05) is 19.0 Å². The van der Waals surface area contributed by atoms with Crippen LogP contribution >= 0.6 is 11.6 Å². The number of nitrogens with zero attached hydrogens (tertiary/aromatic N) is 1. The number of carbonyl (C=O) groups excluding carboxylic acids is 1. The Hall–Kier alpha value is -1.43. The first-order valence-corrected chi connectivity index (χ1v) is 9.98. The molecule has 2 fully saturated rings. The molecule has 1 aromatic carbocycles. The molecule has 11 heteroatoms. The number of hydrogen-bond acceptors (Lipinski definition) is 6. The Morgan fingerprint density at radius 1 is 1.31 bits per heavy atom. The summed E-state index contributed by atoms with van der Waals surface area (Å²) in [6, 6.07) is 4.09. The highest BCUT2D eigenvalue weighted by atomic mass is 35.5. The van der Waals surface area contributed by atoms with Crippen molar-refractivity contribution in [1.29, 1.82) is 0 Å². The van der Waals surface area contributed by atoms with Crippen LogP contribution in [0.2, 0.25) is 0 Å². The monoisotopic (exact) mass is 435 g/mol. The second-order valence-corrected chi connectivity index (χ2v) is 7.57. The van der Waals surface area contributed by atoms with Crippen LogP contribution in [0.1, 0.15) is 30.5 Å². The molecule has 3 rings (SSSR count). The third-order valence-electron chi connectivity index (χ3n) is 5.31. The molecule has 0 saturated carbocycles. The summed E-state index contributed by atoms with van der Waals surface area (Å²) < 4.78 is 38.5. The summed E-state index contributed by atoms with van der Waals surface area (Å²) in [5.41, 5.74) is 3.07. The lowest BCUT2D eigenvalue weighted by molar-refractivity contribution is -0.137. The minimum atomic E-state index is -4.40. The highest BCUT2D eigenvalue weighted by molar-refractivity contribution is 6.17. The maximum atomic E-state index is 12.8. The van der Waals surface area contributed by atoms with E-state index in [1.807, 2.05) is 6.92 Å². The van der Waals surface area contributed by atoms with Gasteiger partial charge in [-0.05, 0) is 37.6 Å². The molecule has 162 valence electrons. The van der Waals surface area contributed by atoms with Gasteiger partial charge in [0.25, 0.3) is 0 Å². The lowest BCUT2D eigenvalue weighted by Gasteiger charge is -2.39. The topological polar surface area (TPSA) is 88.7 Å². The van der Waals surface area contributed by atoms with E-state index in [0.717, 1.165) is 18.6 Å². The summed E-state index contributed by atoms with van der Waals surface area (Å²) in [6.07, 6.45) is -4.60. The Morgan fingerprint density at radius 3 is 2.59 bits per heavy atom. The van der Waals surface area contributed by atoms with Gasteiger partial charge in [-0.1, -0.05) is 12.1 Å². The molecule has 2 aliphatic rings. The van der Waals surface area contributed by atoms with Crippen LogP contribution < -0.4 is 21.4 Å². The predicted molar refractivity (Wildman–Crippen MR) is 101 cm³/mol. The fraction of sp³-hybridized carbons (Fsp3) is 0.611. The fourth-order valence-corrected chi connectivity index (χ4v) is 3.88. The number of aliphatic hydroxyl groups excluding tert-OH is 1. The van der Waals surface area contributed by atoms with Crippen LogP contribution in [0.5, 0.6) is 0 Å². The van der Waals surface area contributed by atoms with E-state index in [4.69, 9.17) is 11.6 Å². The number of fused-ring (bicyclic) bond motifs is 1. The zero-order chi connectivity index (χ0) is 21.2. The van der Waals surface area contributed by atoms with Crippen LogP contribution in [0.4, 0.5) is 13.2 Å². The van der Waals surface area contributed by atoms with Gasteiger partial charge in [0.2, 0.25) is 5.91 Å². The highest BCUT2D eigenvalue weighted by Crippen LogP contribution is 2.33. The SMILES string of the molecule is C[C@@H](c1ccc(C(F)(F)F)cc1)N1NC(CO)C2C(=O)NC(NCCCCl)NC21. The van der Waals surface area contributed by atoms with E-state index in [1.54, 1.807) is 5.01 Å². The van der Waals surface area contributed by atoms with Crippen LogP contribution in [-0.2, 0) is 11.0 Å². The van der Waals surface area contributed by atoms with Gasteiger partial charge in [-0.25, -0.2) is 10.4 Å². The maximum Gasteiger partial charge on any atom is 0.416 e. The molecule has 5 N–H and O–H groups in total. The molecule has 1 aromatic rings. The molecule has 2 heterocycles. The van der Waals surface area contributed by atoms with Gasteiger partial charge in [-0.3, -0.25) is 15.4 Å². The van der Waals surface area contributed by atoms with Crippen molar-refractivity contribution in [3.63, 3.8) is 0 Å².